The van der Waals surface area contributed by atoms with Gasteiger partial charge in [0, 0.05) is 25.8 Å². The minimum atomic E-state index is -2.62. The first-order valence-corrected chi connectivity index (χ1v) is 6.54. The molecule has 2 rings (SSSR count). The van der Waals surface area contributed by atoms with Gasteiger partial charge in [0.1, 0.15) is 6.67 Å². The summed E-state index contributed by atoms with van der Waals surface area (Å²) in [6.45, 7) is -0.604. The molecule has 0 aliphatic carbocycles. The Labute approximate surface area is 116 Å². The maximum Gasteiger partial charge on any atom is 0.266 e. The van der Waals surface area contributed by atoms with E-state index in [1.54, 1.807) is 29.2 Å². The van der Waals surface area contributed by atoms with Crippen LogP contribution in [0.5, 0.6) is 0 Å². The number of halogens is 3. The van der Waals surface area contributed by atoms with Crippen LogP contribution in [0, 0.1) is 0 Å². The van der Waals surface area contributed by atoms with Gasteiger partial charge in [-0.2, -0.15) is 0 Å². The zero-order valence-electron chi connectivity index (χ0n) is 11.4. The Hall–Kier alpha value is -1.27. The summed E-state index contributed by atoms with van der Waals surface area (Å²) in [6, 6.07) is 6.24. The maximum absolute atomic E-state index is 13.2. The zero-order chi connectivity index (χ0) is 14.8. The first kappa shape index (κ1) is 15.1. The summed E-state index contributed by atoms with van der Waals surface area (Å²) >= 11 is 0. The van der Waals surface area contributed by atoms with Crippen molar-refractivity contribution in [2.75, 3.05) is 31.8 Å². The molecular formula is C14H19F3N2O. The van der Waals surface area contributed by atoms with E-state index >= 15 is 0 Å². The second-order valence-electron chi connectivity index (χ2n) is 5.09. The fraction of sp³-hybridized carbons (Fsp3) is 0.571. The summed E-state index contributed by atoms with van der Waals surface area (Å²) in [5.74, 6) is -2.62. The summed E-state index contributed by atoms with van der Waals surface area (Å²) in [5, 5.41) is 0. The van der Waals surface area contributed by atoms with E-state index in [1.165, 1.54) is 7.11 Å². The molecule has 0 unspecified atom stereocenters. The summed E-state index contributed by atoms with van der Waals surface area (Å²) < 4.78 is 44.2. The highest BCUT2D eigenvalue weighted by molar-refractivity contribution is 5.49. The third kappa shape index (κ3) is 3.24. The van der Waals surface area contributed by atoms with Crippen LogP contribution >= 0.6 is 0 Å². The van der Waals surface area contributed by atoms with Gasteiger partial charge in [0.15, 0.2) is 0 Å². The third-order valence-corrected chi connectivity index (χ3v) is 3.58. The van der Waals surface area contributed by atoms with E-state index in [4.69, 9.17) is 10.5 Å². The van der Waals surface area contributed by atoms with Gasteiger partial charge in [0.2, 0.25) is 0 Å². The highest BCUT2D eigenvalue weighted by Gasteiger charge is 2.38. The van der Waals surface area contributed by atoms with Crippen LogP contribution in [-0.2, 0) is 4.74 Å². The van der Waals surface area contributed by atoms with Gasteiger partial charge in [-0.25, -0.2) is 13.2 Å². The van der Waals surface area contributed by atoms with Crippen molar-refractivity contribution in [2.45, 2.75) is 24.5 Å². The van der Waals surface area contributed by atoms with Gasteiger partial charge >= 0.3 is 0 Å². The lowest BCUT2D eigenvalue weighted by Crippen LogP contribution is -2.31. The van der Waals surface area contributed by atoms with Crippen LogP contribution < -0.4 is 10.6 Å². The Bertz CT molecular complexity index is 439. The van der Waals surface area contributed by atoms with Crippen molar-refractivity contribution < 1.29 is 17.9 Å². The number of hydrogen-bond acceptors (Lipinski definition) is 3. The number of nitrogens with zero attached hydrogens (tertiary/aromatic N) is 1. The number of rotatable bonds is 5. The van der Waals surface area contributed by atoms with Crippen molar-refractivity contribution in [1.82, 2.24) is 0 Å². The lowest BCUT2D eigenvalue weighted by atomic mass is 10.0. The molecular weight excluding hydrogens is 269 g/mol. The SMILES string of the molecule is CO[C@H](c1ccc(N2CCC(F)(F)C2)cc1)[C@H](N)CF. The van der Waals surface area contributed by atoms with E-state index in [9.17, 15) is 13.2 Å². The number of nitrogens with two attached hydrogens (primary N) is 1. The quantitative estimate of drug-likeness (QED) is 0.905. The Morgan fingerprint density at radius 1 is 1.35 bits per heavy atom. The van der Waals surface area contributed by atoms with E-state index in [1.807, 2.05) is 0 Å². The second kappa shape index (κ2) is 6.01. The molecule has 20 heavy (non-hydrogen) atoms. The molecule has 0 amide bonds. The smallest absolute Gasteiger partial charge is 0.266 e. The van der Waals surface area contributed by atoms with Crippen LogP contribution in [0.3, 0.4) is 0 Å². The van der Waals surface area contributed by atoms with Crippen LogP contribution in [0.1, 0.15) is 18.1 Å². The van der Waals surface area contributed by atoms with Crippen LogP contribution in [0.15, 0.2) is 24.3 Å². The van der Waals surface area contributed by atoms with E-state index in [2.05, 4.69) is 0 Å². The molecule has 1 aromatic rings. The van der Waals surface area contributed by atoms with Gasteiger partial charge in [0.05, 0.1) is 18.7 Å². The van der Waals surface area contributed by atoms with Crippen LogP contribution in [-0.4, -0.2) is 38.8 Å². The molecule has 0 saturated carbocycles. The molecule has 6 heteroatoms. The molecule has 1 heterocycles. The Morgan fingerprint density at radius 3 is 2.45 bits per heavy atom. The van der Waals surface area contributed by atoms with Gasteiger partial charge in [0.25, 0.3) is 5.92 Å². The molecule has 0 aromatic heterocycles. The van der Waals surface area contributed by atoms with Crippen LogP contribution in [0.4, 0.5) is 18.9 Å². The highest BCUT2D eigenvalue weighted by atomic mass is 19.3. The van der Waals surface area contributed by atoms with E-state index in [0.29, 0.717) is 6.54 Å². The van der Waals surface area contributed by atoms with Crippen molar-refractivity contribution in [1.29, 1.82) is 0 Å². The van der Waals surface area contributed by atoms with E-state index in [-0.39, 0.29) is 13.0 Å². The molecule has 1 aliphatic heterocycles. The van der Waals surface area contributed by atoms with Gasteiger partial charge < -0.3 is 15.4 Å². The number of alkyl halides is 3. The summed E-state index contributed by atoms with van der Waals surface area (Å²) in [6.07, 6.45) is -0.656. The number of hydrogen-bond donors (Lipinski definition) is 1. The number of anilines is 1. The fourth-order valence-electron chi connectivity index (χ4n) is 2.47. The van der Waals surface area contributed by atoms with E-state index in [0.717, 1.165) is 11.3 Å². The Balaban J connectivity index is 2.10. The standard InChI is InChI=1S/C14H19F3N2O/c1-20-13(12(18)8-15)10-2-4-11(5-3-10)19-7-6-14(16,17)9-19/h2-5,12-13H,6-9,18H2,1H3/t12-,13-/m1/s1. The van der Waals surface area contributed by atoms with Gasteiger partial charge in [-0.15, -0.1) is 0 Å². The first-order valence-electron chi connectivity index (χ1n) is 6.54. The molecule has 3 nitrogen and oxygen atoms in total. The highest BCUT2D eigenvalue weighted by Crippen LogP contribution is 2.31. The van der Waals surface area contributed by atoms with Crippen LogP contribution in [0.25, 0.3) is 0 Å². The van der Waals surface area contributed by atoms with Gasteiger partial charge in [-0.3, -0.25) is 0 Å². The molecule has 1 saturated heterocycles. The summed E-state index contributed by atoms with van der Waals surface area (Å²) in [4.78, 5) is 1.64. The predicted molar refractivity (Wildman–Crippen MR) is 71.9 cm³/mol. The lowest BCUT2D eigenvalue weighted by molar-refractivity contribution is 0.0257. The fourth-order valence-corrected chi connectivity index (χ4v) is 2.47. The van der Waals surface area contributed by atoms with Gasteiger partial charge in [-0.1, -0.05) is 12.1 Å². The molecule has 0 bridgehead atoms. The monoisotopic (exact) mass is 288 g/mol. The van der Waals surface area contributed by atoms with E-state index < -0.39 is 24.7 Å². The maximum atomic E-state index is 13.2. The lowest BCUT2D eigenvalue weighted by Gasteiger charge is -2.22. The zero-order valence-corrected chi connectivity index (χ0v) is 11.4. The number of benzene rings is 1. The minimum Gasteiger partial charge on any atom is -0.375 e. The average molecular weight is 288 g/mol. The van der Waals surface area contributed by atoms with Crippen molar-refractivity contribution >= 4 is 5.69 Å². The average Bonchev–Trinajstić information content (AvgIpc) is 2.80. The molecule has 2 atom stereocenters. The Morgan fingerprint density at radius 2 is 2.00 bits per heavy atom. The molecule has 2 N–H and O–H groups in total. The van der Waals surface area contributed by atoms with Crippen molar-refractivity contribution in [2.24, 2.45) is 5.73 Å². The van der Waals surface area contributed by atoms with Crippen LogP contribution in [0.2, 0.25) is 0 Å². The molecule has 112 valence electrons. The molecule has 0 radical (unpaired) electrons. The molecule has 1 aliphatic rings. The van der Waals surface area contributed by atoms with Crippen molar-refractivity contribution in [3.63, 3.8) is 0 Å². The summed E-state index contributed by atoms with van der Waals surface area (Å²) in [5.41, 5.74) is 7.12. The normalized spacial score (nSPS) is 20.9. The molecule has 1 aromatic carbocycles. The number of methoxy groups -OCH3 is 1. The predicted octanol–water partition coefficient (Wildman–Crippen LogP) is 2.52. The molecule has 1 fully saturated rings. The molecule has 0 spiro atoms. The largest absolute Gasteiger partial charge is 0.375 e. The second-order valence-corrected chi connectivity index (χ2v) is 5.09. The summed E-state index contributed by atoms with van der Waals surface area (Å²) in [7, 11) is 1.47. The number of ether oxygens (including phenoxy) is 1. The first-order chi connectivity index (χ1) is 9.46. The third-order valence-electron chi connectivity index (χ3n) is 3.58. The minimum absolute atomic E-state index is 0.123. The van der Waals surface area contributed by atoms with Gasteiger partial charge in [-0.05, 0) is 17.7 Å². The van der Waals surface area contributed by atoms with Crippen molar-refractivity contribution in [3.8, 4) is 0 Å². The Kier molecular flexibility index (Phi) is 4.55. The van der Waals surface area contributed by atoms with Crippen molar-refractivity contribution in [3.05, 3.63) is 29.8 Å². The topological polar surface area (TPSA) is 38.5 Å².